The van der Waals surface area contributed by atoms with E-state index in [1.165, 1.54) is 32.1 Å². The van der Waals surface area contributed by atoms with Gasteiger partial charge in [-0.15, -0.1) is 0 Å². The Morgan fingerprint density at radius 1 is 1.44 bits per heavy atom. The SMILES string of the molecule is C[C]1CCC1.[C]1=CCC1. The molecule has 0 amide bonds. The minimum absolute atomic E-state index is 1.19. The Labute approximate surface area is 58.0 Å². The average molecular weight is 122 g/mol. The molecule has 0 heterocycles. The molecule has 0 atom stereocenters. The average Bonchev–Trinajstić information content (AvgIpc) is 1.56. The van der Waals surface area contributed by atoms with Gasteiger partial charge in [0.25, 0.3) is 0 Å². The lowest BCUT2D eigenvalue weighted by Crippen LogP contribution is -2.01. The summed E-state index contributed by atoms with van der Waals surface area (Å²) in [6.07, 6.45) is 11.8. The lowest BCUT2D eigenvalue weighted by atomic mass is 9.88. The van der Waals surface area contributed by atoms with Crippen LogP contribution in [0.1, 0.15) is 39.0 Å². The standard InChI is InChI=1S/C5H9.C4H5/c1-5-3-2-4-5;1-2-4-3-1/h2-4H2,1H3;1H,2,4H2. The molecule has 0 aromatic heterocycles. The van der Waals surface area contributed by atoms with E-state index in [-0.39, 0.29) is 0 Å². The van der Waals surface area contributed by atoms with Crippen LogP contribution in [-0.4, -0.2) is 0 Å². The predicted octanol–water partition coefficient (Wildman–Crippen LogP) is 2.90. The molecule has 2 rings (SSSR count). The van der Waals surface area contributed by atoms with Gasteiger partial charge < -0.3 is 0 Å². The highest BCUT2D eigenvalue weighted by Gasteiger charge is 2.09. The van der Waals surface area contributed by atoms with Gasteiger partial charge in [-0.1, -0.05) is 19.4 Å². The molecule has 2 aliphatic rings. The summed E-state index contributed by atoms with van der Waals surface area (Å²) >= 11 is 0. The third-order valence-electron chi connectivity index (χ3n) is 1.78. The van der Waals surface area contributed by atoms with E-state index in [2.05, 4.69) is 19.1 Å². The van der Waals surface area contributed by atoms with Crippen molar-refractivity contribution in [1.82, 2.24) is 0 Å². The van der Waals surface area contributed by atoms with Crippen molar-refractivity contribution < 1.29 is 0 Å². The van der Waals surface area contributed by atoms with Crippen LogP contribution in [0.5, 0.6) is 0 Å². The van der Waals surface area contributed by atoms with Gasteiger partial charge in [0.2, 0.25) is 0 Å². The smallest absolute Gasteiger partial charge is 0.0244 e. The largest absolute Gasteiger partial charge is 0.0807 e. The van der Waals surface area contributed by atoms with Crippen LogP contribution in [-0.2, 0) is 0 Å². The molecule has 50 valence electrons. The van der Waals surface area contributed by atoms with E-state index in [1.54, 1.807) is 5.92 Å². The first kappa shape index (κ1) is 6.85. The molecule has 0 aromatic carbocycles. The third kappa shape index (κ3) is 2.69. The van der Waals surface area contributed by atoms with Crippen molar-refractivity contribution in [3.05, 3.63) is 18.1 Å². The van der Waals surface area contributed by atoms with Gasteiger partial charge in [0, 0.05) is 0 Å². The lowest BCUT2D eigenvalue weighted by molar-refractivity contribution is 0.557. The van der Waals surface area contributed by atoms with Crippen LogP contribution in [0.15, 0.2) is 6.08 Å². The molecule has 0 bridgehead atoms. The van der Waals surface area contributed by atoms with Crippen LogP contribution in [0.3, 0.4) is 0 Å². The molecule has 0 nitrogen and oxygen atoms in total. The normalized spacial score (nSPS) is 23.2. The van der Waals surface area contributed by atoms with Gasteiger partial charge in [0.1, 0.15) is 0 Å². The first-order valence-electron chi connectivity index (χ1n) is 3.76. The zero-order chi connectivity index (χ0) is 6.53. The maximum absolute atomic E-state index is 2.99. The Morgan fingerprint density at radius 2 is 1.78 bits per heavy atom. The minimum atomic E-state index is 1.19. The van der Waals surface area contributed by atoms with Gasteiger partial charge in [-0.3, -0.25) is 0 Å². The van der Waals surface area contributed by atoms with E-state index in [9.17, 15) is 0 Å². The fourth-order valence-corrected chi connectivity index (χ4v) is 0.675. The number of rotatable bonds is 0. The fraction of sp³-hybridized carbons (Fsp3) is 0.667. The molecule has 9 heavy (non-hydrogen) atoms. The highest BCUT2D eigenvalue weighted by atomic mass is 14.1. The molecule has 2 radical (unpaired) electrons. The maximum atomic E-state index is 2.99. The van der Waals surface area contributed by atoms with Crippen LogP contribution in [0, 0.1) is 12.0 Å². The molecule has 1 saturated carbocycles. The van der Waals surface area contributed by atoms with Crippen molar-refractivity contribution in [1.29, 1.82) is 0 Å². The topological polar surface area (TPSA) is 0 Å². The molecule has 0 aromatic rings. The third-order valence-corrected chi connectivity index (χ3v) is 1.78. The summed E-state index contributed by atoms with van der Waals surface area (Å²) in [7, 11) is 0. The van der Waals surface area contributed by atoms with E-state index in [0.29, 0.717) is 0 Å². The van der Waals surface area contributed by atoms with E-state index < -0.39 is 0 Å². The van der Waals surface area contributed by atoms with Crippen LogP contribution < -0.4 is 0 Å². The highest BCUT2D eigenvalue weighted by molar-refractivity contribution is 4.92. The van der Waals surface area contributed by atoms with Crippen molar-refractivity contribution in [2.24, 2.45) is 0 Å². The van der Waals surface area contributed by atoms with Gasteiger partial charge in [0.15, 0.2) is 0 Å². The first-order chi connectivity index (χ1) is 4.39. The second-order valence-corrected chi connectivity index (χ2v) is 2.76. The summed E-state index contributed by atoms with van der Waals surface area (Å²) in [5, 5.41) is 0. The van der Waals surface area contributed by atoms with E-state index in [4.69, 9.17) is 0 Å². The summed E-state index contributed by atoms with van der Waals surface area (Å²) < 4.78 is 0. The first-order valence-corrected chi connectivity index (χ1v) is 3.76. The van der Waals surface area contributed by atoms with Gasteiger partial charge in [-0.25, -0.2) is 0 Å². The molecule has 2 aliphatic carbocycles. The van der Waals surface area contributed by atoms with Crippen molar-refractivity contribution in [2.75, 3.05) is 0 Å². The summed E-state index contributed by atoms with van der Waals surface area (Å²) in [4.78, 5) is 0. The predicted molar refractivity (Wildman–Crippen MR) is 39.8 cm³/mol. The number of hydrogen-bond donors (Lipinski definition) is 0. The molecule has 0 saturated heterocycles. The lowest BCUT2D eigenvalue weighted by Gasteiger charge is -2.18. The van der Waals surface area contributed by atoms with E-state index in [1.807, 2.05) is 0 Å². The summed E-state index contributed by atoms with van der Waals surface area (Å²) in [6, 6.07) is 0. The Bertz CT molecular complexity index is 82.2. The molecular weight excluding hydrogens is 108 g/mol. The van der Waals surface area contributed by atoms with Crippen molar-refractivity contribution in [3.63, 3.8) is 0 Å². The van der Waals surface area contributed by atoms with Gasteiger partial charge in [-0.2, -0.15) is 0 Å². The number of allylic oxidation sites excluding steroid dienone is 2. The van der Waals surface area contributed by atoms with Gasteiger partial charge in [-0.05, 0) is 37.7 Å². The molecule has 1 fully saturated rings. The molecule has 0 N–H and O–H groups in total. The minimum Gasteiger partial charge on any atom is -0.0807 e. The zero-order valence-corrected chi connectivity index (χ0v) is 6.11. The van der Waals surface area contributed by atoms with Crippen LogP contribution in [0.2, 0.25) is 0 Å². The Balaban J connectivity index is 0.0000000922. The molecule has 0 heteroatoms. The van der Waals surface area contributed by atoms with Crippen molar-refractivity contribution in [3.8, 4) is 0 Å². The van der Waals surface area contributed by atoms with Gasteiger partial charge in [0.05, 0.1) is 0 Å². The molecular formula is C9H14. The molecule has 0 spiro atoms. The van der Waals surface area contributed by atoms with E-state index >= 15 is 0 Å². The second kappa shape index (κ2) is 3.71. The summed E-state index contributed by atoms with van der Waals surface area (Å²) in [6.45, 7) is 2.23. The second-order valence-electron chi connectivity index (χ2n) is 2.76. The highest BCUT2D eigenvalue weighted by Crippen LogP contribution is 2.26. The summed E-state index contributed by atoms with van der Waals surface area (Å²) in [5.41, 5.74) is 0. The quantitative estimate of drug-likeness (QED) is 0.463. The Kier molecular flexibility index (Phi) is 2.82. The monoisotopic (exact) mass is 122 g/mol. The van der Waals surface area contributed by atoms with Crippen LogP contribution in [0.4, 0.5) is 0 Å². The zero-order valence-electron chi connectivity index (χ0n) is 6.11. The Hall–Kier alpha value is -0.260. The van der Waals surface area contributed by atoms with Crippen LogP contribution >= 0.6 is 0 Å². The van der Waals surface area contributed by atoms with E-state index in [0.717, 1.165) is 0 Å². The van der Waals surface area contributed by atoms with Crippen molar-refractivity contribution in [2.45, 2.75) is 39.0 Å². The fourth-order valence-electron chi connectivity index (χ4n) is 0.675. The number of hydrogen-bond acceptors (Lipinski definition) is 0. The summed E-state index contributed by atoms with van der Waals surface area (Å²) in [5.74, 6) is 1.69. The van der Waals surface area contributed by atoms with Crippen molar-refractivity contribution >= 4 is 0 Å². The van der Waals surface area contributed by atoms with Gasteiger partial charge >= 0.3 is 0 Å². The van der Waals surface area contributed by atoms with Crippen LogP contribution in [0.25, 0.3) is 0 Å². The maximum Gasteiger partial charge on any atom is -0.0244 e. The molecule has 0 unspecified atom stereocenters. The molecule has 0 aliphatic heterocycles. The Morgan fingerprint density at radius 3 is 1.78 bits per heavy atom.